The molecule has 0 saturated carbocycles. The van der Waals surface area contributed by atoms with Gasteiger partial charge in [-0.25, -0.2) is 4.68 Å². The van der Waals surface area contributed by atoms with Crippen LogP contribution < -0.4 is 15.2 Å². The summed E-state index contributed by atoms with van der Waals surface area (Å²) in [4.78, 5) is 14.5. The first-order valence-corrected chi connectivity index (χ1v) is 8.49. The highest BCUT2D eigenvalue weighted by molar-refractivity contribution is 5.93. The summed E-state index contributed by atoms with van der Waals surface area (Å²) in [7, 11) is 0. The molecule has 1 saturated heterocycles. The maximum atomic E-state index is 12.7. The maximum Gasteiger partial charge on any atom is 0.276 e. The van der Waals surface area contributed by atoms with E-state index in [9.17, 15) is 4.79 Å². The predicted molar refractivity (Wildman–Crippen MR) is 90.2 cm³/mol. The van der Waals surface area contributed by atoms with Crippen molar-refractivity contribution in [1.29, 1.82) is 0 Å². The Morgan fingerprint density at radius 2 is 2.12 bits per heavy atom. The van der Waals surface area contributed by atoms with Crippen molar-refractivity contribution in [2.24, 2.45) is 11.7 Å². The highest BCUT2D eigenvalue weighted by Crippen LogP contribution is 2.32. The van der Waals surface area contributed by atoms with Crippen LogP contribution in [-0.4, -0.2) is 58.6 Å². The molecule has 2 aromatic rings. The summed E-state index contributed by atoms with van der Waals surface area (Å²) >= 11 is 0. The van der Waals surface area contributed by atoms with Crippen LogP contribution in [0.15, 0.2) is 18.2 Å². The molecule has 2 aliphatic heterocycles. The van der Waals surface area contributed by atoms with Crippen LogP contribution in [0.4, 0.5) is 0 Å². The third kappa shape index (κ3) is 2.82. The number of likely N-dealkylation sites (tertiary alicyclic amines) is 1. The van der Waals surface area contributed by atoms with E-state index in [0.717, 1.165) is 18.7 Å². The van der Waals surface area contributed by atoms with Crippen molar-refractivity contribution in [2.75, 3.05) is 32.8 Å². The monoisotopic (exact) mass is 343 g/mol. The van der Waals surface area contributed by atoms with E-state index < -0.39 is 0 Å². The summed E-state index contributed by atoms with van der Waals surface area (Å²) in [5, 5.41) is 8.28. The van der Waals surface area contributed by atoms with Crippen molar-refractivity contribution in [3.8, 4) is 17.2 Å². The van der Waals surface area contributed by atoms with Gasteiger partial charge in [-0.1, -0.05) is 5.21 Å². The lowest BCUT2D eigenvalue weighted by Crippen LogP contribution is -2.30. The minimum absolute atomic E-state index is 0.0859. The number of hydrogen-bond acceptors (Lipinski definition) is 6. The Morgan fingerprint density at radius 1 is 1.32 bits per heavy atom. The Morgan fingerprint density at radius 3 is 2.88 bits per heavy atom. The number of nitrogens with zero attached hydrogens (tertiary/aromatic N) is 4. The van der Waals surface area contributed by atoms with E-state index in [4.69, 9.17) is 15.2 Å². The molecule has 1 unspecified atom stereocenters. The van der Waals surface area contributed by atoms with Crippen molar-refractivity contribution in [2.45, 2.75) is 13.3 Å². The fraction of sp³-hybridized carbons (Fsp3) is 0.471. The molecule has 132 valence electrons. The number of ether oxygens (including phenoxy) is 2. The molecule has 1 atom stereocenters. The largest absolute Gasteiger partial charge is 0.486 e. The lowest BCUT2D eigenvalue weighted by Gasteiger charge is -2.19. The molecule has 4 rings (SSSR count). The Labute approximate surface area is 145 Å². The maximum absolute atomic E-state index is 12.7. The molecular weight excluding hydrogens is 322 g/mol. The van der Waals surface area contributed by atoms with Gasteiger partial charge in [0.1, 0.15) is 13.2 Å². The average Bonchev–Trinajstić information content (AvgIpc) is 3.27. The third-order valence-electron chi connectivity index (χ3n) is 4.77. The van der Waals surface area contributed by atoms with Crippen molar-refractivity contribution >= 4 is 5.91 Å². The summed E-state index contributed by atoms with van der Waals surface area (Å²) < 4.78 is 12.8. The summed E-state index contributed by atoms with van der Waals surface area (Å²) in [5.41, 5.74) is 7.58. The van der Waals surface area contributed by atoms with E-state index in [0.29, 0.717) is 55.1 Å². The molecular formula is C17H21N5O3. The third-order valence-corrected chi connectivity index (χ3v) is 4.77. The van der Waals surface area contributed by atoms with Gasteiger partial charge in [0.05, 0.1) is 11.4 Å². The van der Waals surface area contributed by atoms with Crippen molar-refractivity contribution < 1.29 is 14.3 Å². The zero-order valence-corrected chi connectivity index (χ0v) is 14.1. The van der Waals surface area contributed by atoms with Gasteiger partial charge in [-0.3, -0.25) is 4.79 Å². The standard InChI is InChI=1S/C17H21N5O3/c1-11-16(17(23)21-5-4-12(9-18)10-21)19-20-22(11)13-2-3-14-15(8-13)25-7-6-24-14/h2-3,8,12H,4-7,9-10,18H2,1H3. The Hall–Kier alpha value is -2.61. The molecule has 0 aliphatic carbocycles. The van der Waals surface area contributed by atoms with E-state index in [1.54, 1.807) is 4.68 Å². The Balaban J connectivity index is 1.60. The molecule has 1 amide bonds. The second-order valence-corrected chi connectivity index (χ2v) is 6.40. The molecule has 1 aromatic carbocycles. The van der Waals surface area contributed by atoms with Crippen molar-refractivity contribution in [3.63, 3.8) is 0 Å². The number of rotatable bonds is 3. The number of fused-ring (bicyclic) bond motifs is 1. The number of benzene rings is 1. The van der Waals surface area contributed by atoms with Gasteiger partial charge in [0, 0.05) is 19.2 Å². The predicted octanol–water partition coefficient (Wildman–Crippen LogP) is 0.768. The van der Waals surface area contributed by atoms with Crippen LogP contribution in [0.3, 0.4) is 0 Å². The van der Waals surface area contributed by atoms with Crippen LogP contribution in [0.25, 0.3) is 5.69 Å². The van der Waals surface area contributed by atoms with E-state index in [2.05, 4.69) is 10.3 Å². The first kappa shape index (κ1) is 15.9. The number of carbonyl (C=O) groups is 1. The van der Waals surface area contributed by atoms with Gasteiger partial charge in [-0.15, -0.1) is 5.10 Å². The lowest BCUT2D eigenvalue weighted by molar-refractivity contribution is 0.0781. The fourth-order valence-electron chi connectivity index (χ4n) is 3.30. The van der Waals surface area contributed by atoms with Crippen LogP contribution in [0.5, 0.6) is 11.5 Å². The second kappa shape index (κ2) is 6.36. The van der Waals surface area contributed by atoms with Gasteiger partial charge in [0.15, 0.2) is 17.2 Å². The molecule has 2 N–H and O–H groups in total. The molecule has 8 nitrogen and oxygen atoms in total. The number of carbonyl (C=O) groups excluding carboxylic acids is 1. The zero-order chi connectivity index (χ0) is 17.4. The van der Waals surface area contributed by atoms with E-state index in [1.807, 2.05) is 30.0 Å². The van der Waals surface area contributed by atoms with Crippen LogP contribution in [0.2, 0.25) is 0 Å². The minimum atomic E-state index is -0.0859. The average molecular weight is 343 g/mol. The first-order valence-electron chi connectivity index (χ1n) is 8.49. The lowest BCUT2D eigenvalue weighted by atomic mass is 10.1. The normalized spacial score (nSPS) is 19.3. The number of amides is 1. The molecule has 0 spiro atoms. The summed E-state index contributed by atoms with van der Waals surface area (Å²) in [6, 6.07) is 5.58. The Bertz CT molecular complexity index is 804. The quantitative estimate of drug-likeness (QED) is 0.884. The van der Waals surface area contributed by atoms with Gasteiger partial charge < -0.3 is 20.1 Å². The second-order valence-electron chi connectivity index (χ2n) is 6.40. The number of nitrogens with two attached hydrogens (primary N) is 1. The summed E-state index contributed by atoms with van der Waals surface area (Å²) in [6.07, 6.45) is 0.942. The highest BCUT2D eigenvalue weighted by atomic mass is 16.6. The van der Waals surface area contributed by atoms with Crippen LogP contribution in [0.1, 0.15) is 22.6 Å². The minimum Gasteiger partial charge on any atom is -0.486 e. The smallest absolute Gasteiger partial charge is 0.276 e. The summed E-state index contributed by atoms with van der Waals surface area (Å²) in [6.45, 7) is 4.93. The molecule has 0 bridgehead atoms. The van der Waals surface area contributed by atoms with E-state index in [-0.39, 0.29) is 5.91 Å². The van der Waals surface area contributed by atoms with Gasteiger partial charge in [-0.2, -0.15) is 0 Å². The topological polar surface area (TPSA) is 95.5 Å². The van der Waals surface area contributed by atoms with Crippen molar-refractivity contribution in [1.82, 2.24) is 19.9 Å². The first-order chi connectivity index (χ1) is 12.2. The fourth-order valence-corrected chi connectivity index (χ4v) is 3.30. The molecule has 8 heteroatoms. The van der Waals surface area contributed by atoms with Crippen LogP contribution >= 0.6 is 0 Å². The van der Waals surface area contributed by atoms with Gasteiger partial charge in [0.2, 0.25) is 0 Å². The highest BCUT2D eigenvalue weighted by Gasteiger charge is 2.29. The molecule has 1 aromatic heterocycles. The molecule has 0 radical (unpaired) electrons. The number of hydrogen-bond donors (Lipinski definition) is 1. The summed E-state index contributed by atoms with van der Waals surface area (Å²) in [5.74, 6) is 1.68. The van der Waals surface area contributed by atoms with Gasteiger partial charge >= 0.3 is 0 Å². The molecule has 3 heterocycles. The van der Waals surface area contributed by atoms with Crippen LogP contribution in [-0.2, 0) is 0 Å². The van der Waals surface area contributed by atoms with Crippen LogP contribution in [0, 0.1) is 12.8 Å². The molecule has 2 aliphatic rings. The van der Waals surface area contributed by atoms with Gasteiger partial charge in [-0.05, 0) is 37.9 Å². The SMILES string of the molecule is Cc1c(C(=O)N2CCC(CN)C2)nnn1-c1ccc2c(c1)OCCO2. The van der Waals surface area contributed by atoms with Crippen molar-refractivity contribution in [3.05, 3.63) is 29.6 Å². The van der Waals surface area contributed by atoms with Gasteiger partial charge in [0.25, 0.3) is 5.91 Å². The van der Waals surface area contributed by atoms with E-state index >= 15 is 0 Å². The molecule has 1 fully saturated rings. The Kier molecular flexibility index (Phi) is 4.04. The van der Waals surface area contributed by atoms with E-state index in [1.165, 1.54) is 0 Å². The zero-order valence-electron chi connectivity index (χ0n) is 14.1. The number of aromatic nitrogens is 3. The molecule has 25 heavy (non-hydrogen) atoms.